The summed E-state index contributed by atoms with van der Waals surface area (Å²) in [5.41, 5.74) is 3.88. The molecule has 0 radical (unpaired) electrons. The molecule has 2 saturated heterocycles. The number of imidazole rings is 1. The summed E-state index contributed by atoms with van der Waals surface area (Å²) in [6, 6.07) is 25.1. The highest BCUT2D eigenvalue weighted by molar-refractivity contribution is 7.89. The summed E-state index contributed by atoms with van der Waals surface area (Å²) in [5, 5.41) is 0. The van der Waals surface area contributed by atoms with Crippen LogP contribution in [0.5, 0.6) is 0 Å². The van der Waals surface area contributed by atoms with Gasteiger partial charge < -0.3 is 9.47 Å². The maximum Gasteiger partial charge on any atom is 0.253 e. The van der Waals surface area contributed by atoms with Crippen LogP contribution in [0.3, 0.4) is 0 Å². The molecule has 0 saturated carbocycles. The molecule has 0 spiro atoms. The van der Waals surface area contributed by atoms with Crippen molar-refractivity contribution in [2.75, 3.05) is 39.3 Å². The van der Waals surface area contributed by atoms with Crippen LogP contribution in [0.4, 0.5) is 0 Å². The van der Waals surface area contributed by atoms with E-state index in [0.29, 0.717) is 38.3 Å². The first-order valence-corrected chi connectivity index (χ1v) is 15.5. The minimum atomic E-state index is -3.51. The zero-order valence-electron chi connectivity index (χ0n) is 22.7. The number of piperazine rings is 1. The highest BCUT2D eigenvalue weighted by atomic mass is 32.2. The predicted octanol–water partition coefficient (Wildman–Crippen LogP) is 4.22. The van der Waals surface area contributed by atoms with Gasteiger partial charge in [0.25, 0.3) is 5.91 Å². The second kappa shape index (κ2) is 11.5. The van der Waals surface area contributed by atoms with Crippen molar-refractivity contribution >= 4 is 27.0 Å². The summed E-state index contributed by atoms with van der Waals surface area (Å²) in [5.74, 6) is 0.966. The molecule has 3 aromatic carbocycles. The molecule has 0 N–H and O–H groups in total. The Bertz CT molecular complexity index is 1570. The van der Waals surface area contributed by atoms with Crippen LogP contribution in [0.1, 0.15) is 41.0 Å². The lowest BCUT2D eigenvalue weighted by atomic mass is 10.2. The Morgan fingerprint density at radius 2 is 1.40 bits per heavy atom. The fraction of sp³-hybridized carbons (Fsp3) is 0.355. The van der Waals surface area contributed by atoms with Crippen molar-refractivity contribution in [3.05, 3.63) is 95.8 Å². The van der Waals surface area contributed by atoms with E-state index >= 15 is 0 Å². The summed E-state index contributed by atoms with van der Waals surface area (Å²) < 4.78 is 29.8. The van der Waals surface area contributed by atoms with Crippen molar-refractivity contribution in [1.82, 2.24) is 23.7 Å². The maximum atomic E-state index is 13.2. The molecule has 4 aromatic rings. The number of piperidine rings is 1. The Morgan fingerprint density at radius 1 is 0.725 bits per heavy atom. The molecule has 6 rings (SSSR count). The minimum Gasteiger partial charge on any atom is -0.336 e. The summed E-state index contributed by atoms with van der Waals surface area (Å²) in [7, 11) is -3.51. The smallest absolute Gasteiger partial charge is 0.253 e. The number of hydrogen-bond donors (Lipinski definition) is 0. The normalized spacial score (nSPS) is 17.4. The highest BCUT2D eigenvalue weighted by Crippen LogP contribution is 2.23. The fourth-order valence-corrected chi connectivity index (χ4v) is 7.22. The van der Waals surface area contributed by atoms with Gasteiger partial charge in [-0.25, -0.2) is 13.4 Å². The van der Waals surface area contributed by atoms with Gasteiger partial charge in [-0.2, -0.15) is 4.31 Å². The van der Waals surface area contributed by atoms with Gasteiger partial charge in [0.15, 0.2) is 0 Å². The molecule has 1 aromatic heterocycles. The molecule has 2 aliphatic rings. The van der Waals surface area contributed by atoms with E-state index in [0.717, 1.165) is 55.8 Å². The first-order chi connectivity index (χ1) is 19.5. The largest absolute Gasteiger partial charge is 0.336 e. The van der Waals surface area contributed by atoms with Crippen LogP contribution >= 0.6 is 0 Å². The standard InChI is InChI=1S/C31H35N5O3S/c37-31(26-13-15-27(16-14-26)40(38,39)35-17-7-2-8-18-35)34-21-19-33(20-22-34)24-30-32-28-11-5-6-12-29(28)36(30)23-25-9-3-1-4-10-25/h1,3-6,9-16H,2,7-8,17-24H2. The van der Waals surface area contributed by atoms with Crippen LogP contribution in [0.25, 0.3) is 11.0 Å². The number of benzene rings is 3. The lowest BCUT2D eigenvalue weighted by molar-refractivity contribution is 0.0624. The zero-order chi connectivity index (χ0) is 27.5. The van der Waals surface area contributed by atoms with E-state index in [1.165, 1.54) is 5.56 Å². The van der Waals surface area contributed by atoms with Crippen LogP contribution in [0.15, 0.2) is 83.8 Å². The molecule has 2 aliphatic heterocycles. The van der Waals surface area contributed by atoms with E-state index in [4.69, 9.17) is 4.98 Å². The summed E-state index contributed by atoms with van der Waals surface area (Å²) >= 11 is 0. The Hall–Kier alpha value is -3.53. The number of carbonyl (C=O) groups is 1. The van der Waals surface area contributed by atoms with Gasteiger partial charge in [-0.3, -0.25) is 9.69 Å². The van der Waals surface area contributed by atoms with Gasteiger partial charge in [-0.1, -0.05) is 48.9 Å². The SMILES string of the molecule is O=C(c1ccc(S(=O)(=O)N2CCCCC2)cc1)N1CCN(Cc2nc3ccccc3n2Cc2ccccc2)CC1. The van der Waals surface area contributed by atoms with E-state index in [-0.39, 0.29) is 10.8 Å². The molecule has 8 nitrogen and oxygen atoms in total. The van der Waals surface area contributed by atoms with Crippen LogP contribution in [-0.4, -0.2) is 77.2 Å². The average Bonchev–Trinajstić information content (AvgIpc) is 3.34. The second-order valence-electron chi connectivity index (χ2n) is 10.6. The molecular formula is C31H35N5O3S. The summed E-state index contributed by atoms with van der Waals surface area (Å²) in [6.45, 7) is 5.34. The van der Waals surface area contributed by atoms with E-state index in [1.54, 1.807) is 28.6 Å². The third-order valence-corrected chi connectivity index (χ3v) is 9.91. The van der Waals surface area contributed by atoms with Crippen LogP contribution in [0.2, 0.25) is 0 Å². The Kier molecular flexibility index (Phi) is 7.69. The lowest BCUT2D eigenvalue weighted by Crippen LogP contribution is -2.48. The summed E-state index contributed by atoms with van der Waals surface area (Å²) in [4.78, 5) is 22.7. The molecule has 2 fully saturated rings. The van der Waals surface area contributed by atoms with Gasteiger partial charge in [0.2, 0.25) is 10.0 Å². The average molecular weight is 558 g/mol. The maximum absolute atomic E-state index is 13.2. The fourth-order valence-electron chi connectivity index (χ4n) is 5.70. The number of fused-ring (bicyclic) bond motifs is 1. The third kappa shape index (κ3) is 5.54. The van der Waals surface area contributed by atoms with Crippen molar-refractivity contribution in [3.63, 3.8) is 0 Å². The second-order valence-corrected chi connectivity index (χ2v) is 12.6. The van der Waals surface area contributed by atoms with Crippen LogP contribution in [-0.2, 0) is 23.1 Å². The molecule has 0 atom stereocenters. The molecule has 9 heteroatoms. The Morgan fingerprint density at radius 3 is 2.12 bits per heavy atom. The van der Waals surface area contributed by atoms with Crippen molar-refractivity contribution in [3.8, 4) is 0 Å². The van der Waals surface area contributed by atoms with Gasteiger partial charge in [0, 0.05) is 51.4 Å². The van der Waals surface area contributed by atoms with Crippen molar-refractivity contribution < 1.29 is 13.2 Å². The monoisotopic (exact) mass is 557 g/mol. The highest BCUT2D eigenvalue weighted by Gasteiger charge is 2.27. The molecule has 208 valence electrons. The predicted molar refractivity (Wildman–Crippen MR) is 156 cm³/mol. The Labute approximate surface area is 235 Å². The number of amides is 1. The van der Waals surface area contributed by atoms with E-state index in [9.17, 15) is 13.2 Å². The van der Waals surface area contributed by atoms with Gasteiger partial charge in [-0.05, 0) is 54.8 Å². The van der Waals surface area contributed by atoms with Crippen LogP contribution < -0.4 is 0 Å². The van der Waals surface area contributed by atoms with Gasteiger partial charge in [-0.15, -0.1) is 0 Å². The molecule has 0 aliphatic carbocycles. The van der Waals surface area contributed by atoms with E-state index < -0.39 is 10.0 Å². The molecular weight excluding hydrogens is 522 g/mol. The lowest BCUT2D eigenvalue weighted by Gasteiger charge is -2.34. The zero-order valence-corrected chi connectivity index (χ0v) is 23.5. The quantitative estimate of drug-likeness (QED) is 0.340. The number of rotatable bonds is 7. The van der Waals surface area contributed by atoms with Gasteiger partial charge in [0.1, 0.15) is 5.82 Å². The Balaban J connectivity index is 1.10. The number of carbonyl (C=O) groups excluding carboxylic acids is 1. The number of nitrogens with zero attached hydrogens (tertiary/aromatic N) is 5. The first kappa shape index (κ1) is 26.7. The van der Waals surface area contributed by atoms with E-state index in [1.807, 2.05) is 17.0 Å². The number of hydrogen-bond acceptors (Lipinski definition) is 5. The van der Waals surface area contributed by atoms with Crippen molar-refractivity contribution in [2.45, 2.75) is 37.2 Å². The number of sulfonamides is 1. The first-order valence-electron chi connectivity index (χ1n) is 14.1. The van der Waals surface area contributed by atoms with E-state index in [2.05, 4.69) is 51.9 Å². The third-order valence-electron chi connectivity index (χ3n) is 8.00. The van der Waals surface area contributed by atoms with Gasteiger partial charge >= 0.3 is 0 Å². The van der Waals surface area contributed by atoms with Crippen LogP contribution in [0, 0.1) is 0 Å². The molecule has 40 heavy (non-hydrogen) atoms. The topological polar surface area (TPSA) is 78.8 Å². The van der Waals surface area contributed by atoms with Gasteiger partial charge in [0.05, 0.1) is 22.5 Å². The molecule has 0 unspecified atom stereocenters. The number of para-hydroxylation sites is 2. The summed E-state index contributed by atoms with van der Waals surface area (Å²) in [6.07, 6.45) is 2.86. The molecule has 3 heterocycles. The van der Waals surface area contributed by atoms with Crippen molar-refractivity contribution in [1.29, 1.82) is 0 Å². The molecule has 0 bridgehead atoms. The molecule has 1 amide bonds. The minimum absolute atomic E-state index is 0.0575. The van der Waals surface area contributed by atoms with Crippen molar-refractivity contribution in [2.24, 2.45) is 0 Å². The number of aromatic nitrogens is 2.